The number of esters is 1. The fourth-order valence-corrected chi connectivity index (χ4v) is 4.21. The fourth-order valence-electron chi connectivity index (χ4n) is 3.80. The molecule has 3 aromatic carbocycles. The molecule has 4 aromatic rings. The van der Waals surface area contributed by atoms with Crippen LogP contribution in [0, 0.1) is 6.92 Å². The van der Waals surface area contributed by atoms with Gasteiger partial charge in [-0.05, 0) is 77.3 Å². The van der Waals surface area contributed by atoms with Crippen LogP contribution < -0.4 is 5.32 Å². The highest BCUT2D eigenvalue weighted by molar-refractivity contribution is 9.10. The Morgan fingerprint density at radius 2 is 1.76 bits per heavy atom. The molecule has 0 aliphatic carbocycles. The van der Waals surface area contributed by atoms with Gasteiger partial charge in [-0.1, -0.05) is 42.5 Å². The number of halogens is 1. The van der Waals surface area contributed by atoms with Crippen LogP contribution >= 0.6 is 15.9 Å². The molecule has 168 valence electrons. The molecule has 0 saturated heterocycles. The van der Waals surface area contributed by atoms with Gasteiger partial charge in [-0.15, -0.1) is 0 Å². The van der Waals surface area contributed by atoms with Crippen molar-refractivity contribution in [3.8, 4) is 5.69 Å². The standard InChI is InChI=1S/C26H24BrN3O3/c1-4-33-26(32)24-23(27)17(3)30(29-24)20-14-12-19(13-15-20)25(31)28-16(2)21-11-7-9-18-8-5-6-10-22(18)21/h5-16H,4H2,1-3H3,(H,28,31)/t16-/m1/s1. The number of rotatable bonds is 6. The highest BCUT2D eigenvalue weighted by Gasteiger charge is 2.21. The average molecular weight is 506 g/mol. The summed E-state index contributed by atoms with van der Waals surface area (Å²) >= 11 is 3.42. The molecule has 1 N–H and O–H groups in total. The molecule has 0 aliphatic rings. The minimum atomic E-state index is -0.482. The number of fused-ring (bicyclic) bond motifs is 1. The van der Waals surface area contributed by atoms with Crippen LogP contribution in [0.4, 0.5) is 0 Å². The first-order valence-corrected chi connectivity index (χ1v) is 11.5. The third-order valence-corrected chi connectivity index (χ3v) is 6.47. The third-order valence-electron chi connectivity index (χ3n) is 5.52. The van der Waals surface area contributed by atoms with Gasteiger partial charge in [-0.2, -0.15) is 5.10 Å². The molecule has 0 aliphatic heterocycles. The van der Waals surface area contributed by atoms with E-state index >= 15 is 0 Å². The van der Waals surface area contributed by atoms with E-state index in [-0.39, 0.29) is 24.2 Å². The Morgan fingerprint density at radius 1 is 1.06 bits per heavy atom. The summed E-state index contributed by atoms with van der Waals surface area (Å²) in [4.78, 5) is 25.0. The predicted octanol–water partition coefficient (Wildman–Crippen LogP) is 5.76. The number of amides is 1. The SMILES string of the molecule is CCOC(=O)c1nn(-c2ccc(C(=O)N[C@H](C)c3cccc4ccccc34)cc2)c(C)c1Br. The van der Waals surface area contributed by atoms with Crippen molar-refractivity contribution in [1.82, 2.24) is 15.1 Å². The molecule has 6 nitrogen and oxygen atoms in total. The summed E-state index contributed by atoms with van der Waals surface area (Å²) in [5, 5.41) is 9.74. The Morgan fingerprint density at radius 3 is 2.48 bits per heavy atom. The summed E-state index contributed by atoms with van der Waals surface area (Å²) in [6.07, 6.45) is 0. The number of nitrogens with zero attached hydrogens (tertiary/aromatic N) is 2. The van der Waals surface area contributed by atoms with Crippen molar-refractivity contribution in [3.05, 3.63) is 93.7 Å². The number of hydrogen-bond acceptors (Lipinski definition) is 4. The van der Waals surface area contributed by atoms with Gasteiger partial charge >= 0.3 is 5.97 Å². The first-order valence-electron chi connectivity index (χ1n) is 10.7. The number of carbonyl (C=O) groups excluding carboxylic acids is 2. The van der Waals surface area contributed by atoms with E-state index in [4.69, 9.17) is 4.74 Å². The molecular weight excluding hydrogens is 482 g/mol. The van der Waals surface area contributed by atoms with E-state index in [9.17, 15) is 9.59 Å². The Labute approximate surface area is 200 Å². The zero-order valence-corrected chi connectivity index (χ0v) is 20.2. The normalized spacial score (nSPS) is 11.9. The maximum Gasteiger partial charge on any atom is 0.360 e. The lowest BCUT2D eigenvalue weighted by atomic mass is 9.99. The Balaban J connectivity index is 1.53. The van der Waals surface area contributed by atoms with E-state index < -0.39 is 5.97 Å². The Hall–Kier alpha value is -3.45. The molecule has 33 heavy (non-hydrogen) atoms. The molecule has 1 aromatic heterocycles. The van der Waals surface area contributed by atoms with Crippen molar-refractivity contribution in [2.45, 2.75) is 26.8 Å². The summed E-state index contributed by atoms with van der Waals surface area (Å²) in [7, 11) is 0. The summed E-state index contributed by atoms with van der Waals surface area (Å²) in [6.45, 7) is 5.86. The van der Waals surface area contributed by atoms with E-state index in [0.29, 0.717) is 10.0 Å². The second-order valence-electron chi connectivity index (χ2n) is 7.69. The van der Waals surface area contributed by atoms with Crippen LogP contribution in [-0.2, 0) is 4.74 Å². The van der Waals surface area contributed by atoms with Gasteiger partial charge in [0.2, 0.25) is 0 Å². The molecule has 1 amide bonds. The molecular formula is C26H24BrN3O3. The topological polar surface area (TPSA) is 73.2 Å². The molecule has 0 radical (unpaired) electrons. The van der Waals surface area contributed by atoms with E-state index in [1.165, 1.54) is 0 Å². The average Bonchev–Trinajstić information content (AvgIpc) is 3.13. The zero-order chi connectivity index (χ0) is 23.5. The third kappa shape index (κ3) is 4.54. The molecule has 4 rings (SSSR count). The maximum atomic E-state index is 12.9. The summed E-state index contributed by atoms with van der Waals surface area (Å²) in [6, 6.07) is 21.2. The molecule has 0 bridgehead atoms. The quantitative estimate of drug-likeness (QED) is 0.338. The van der Waals surface area contributed by atoms with Crippen molar-refractivity contribution in [2.75, 3.05) is 6.61 Å². The van der Waals surface area contributed by atoms with Gasteiger partial charge in [-0.3, -0.25) is 4.79 Å². The van der Waals surface area contributed by atoms with Gasteiger partial charge in [0.1, 0.15) is 0 Å². The summed E-state index contributed by atoms with van der Waals surface area (Å²) in [5.41, 5.74) is 3.34. The summed E-state index contributed by atoms with van der Waals surface area (Å²) in [5.74, 6) is -0.641. The van der Waals surface area contributed by atoms with Crippen LogP contribution in [-0.4, -0.2) is 28.3 Å². The van der Waals surface area contributed by atoms with E-state index in [1.54, 1.807) is 35.9 Å². The van der Waals surface area contributed by atoms with Crippen LogP contribution in [0.1, 0.15) is 52.0 Å². The Bertz CT molecular complexity index is 1320. The highest BCUT2D eigenvalue weighted by Crippen LogP contribution is 2.26. The van der Waals surface area contributed by atoms with E-state index in [2.05, 4.69) is 44.5 Å². The molecule has 7 heteroatoms. The molecule has 0 spiro atoms. The maximum absolute atomic E-state index is 12.9. The van der Waals surface area contributed by atoms with Crippen molar-refractivity contribution in [1.29, 1.82) is 0 Å². The number of carbonyl (C=O) groups is 2. The number of hydrogen-bond donors (Lipinski definition) is 1. The molecule has 1 heterocycles. The van der Waals surface area contributed by atoms with Crippen molar-refractivity contribution >= 4 is 38.6 Å². The van der Waals surface area contributed by atoms with Crippen molar-refractivity contribution in [2.24, 2.45) is 0 Å². The molecule has 0 unspecified atom stereocenters. The van der Waals surface area contributed by atoms with Gasteiger partial charge in [0.25, 0.3) is 5.91 Å². The lowest BCUT2D eigenvalue weighted by Crippen LogP contribution is -2.26. The van der Waals surface area contributed by atoms with Gasteiger partial charge in [0.05, 0.1) is 28.5 Å². The van der Waals surface area contributed by atoms with E-state index in [0.717, 1.165) is 27.7 Å². The second kappa shape index (κ2) is 9.58. The Kier molecular flexibility index (Phi) is 6.60. The lowest BCUT2D eigenvalue weighted by Gasteiger charge is -2.17. The largest absolute Gasteiger partial charge is 0.461 e. The van der Waals surface area contributed by atoms with Crippen molar-refractivity contribution in [3.63, 3.8) is 0 Å². The highest BCUT2D eigenvalue weighted by atomic mass is 79.9. The first kappa shape index (κ1) is 22.7. The van der Waals surface area contributed by atoms with Gasteiger partial charge in [0, 0.05) is 5.56 Å². The minimum absolute atomic E-state index is 0.153. The number of benzene rings is 3. The van der Waals surface area contributed by atoms with Gasteiger partial charge in [0.15, 0.2) is 5.69 Å². The van der Waals surface area contributed by atoms with E-state index in [1.807, 2.05) is 38.1 Å². The first-order chi connectivity index (χ1) is 15.9. The zero-order valence-electron chi connectivity index (χ0n) is 18.6. The van der Waals surface area contributed by atoms with Crippen LogP contribution in [0.2, 0.25) is 0 Å². The van der Waals surface area contributed by atoms with Crippen LogP contribution in [0.5, 0.6) is 0 Å². The lowest BCUT2D eigenvalue weighted by molar-refractivity contribution is 0.0517. The van der Waals surface area contributed by atoms with Crippen LogP contribution in [0.15, 0.2) is 71.2 Å². The number of ether oxygens (including phenoxy) is 1. The monoisotopic (exact) mass is 505 g/mol. The minimum Gasteiger partial charge on any atom is -0.461 e. The number of aromatic nitrogens is 2. The second-order valence-corrected chi connectivity index (χ2v) is 8.48. The predicted molar refractivity (Wildman–Crippen MR) is 132 cm³/mol. The van der Waals surface area contributed by atoms with Crippen LogP contribution in [0.25, 0.3) is 16.5 Å². The van der Waals surface area contributed by atoms with Crippen LogP contribution in [0.3, 0.4) is 0 Å². The smallest absolute Gasteiger partial charge is 0.360 e. The molecule has 1 atom stereocenters. The van der Waals surface area contributed by atoms with Gasteiger partial charge in [-0.25, -0.2) is 9.48 Å². The van der Waals surface area contributed by atoms with Gasteiger partial charge < -0.3 is 10.1 Å². The van der Waals surface area contributed by atoms with Crippen molar-refractivity contribution < 1.29 is 14.3 Å². The molecule has 0 fully saturated rings. The number of nitrogens with one attached hydrogen (secondary N) is 1. The molecule has 0 saturated carbocycles. The fraction of sp³-hybridized carbons (Fsp3) is 0.192. The summed E-state index contributed by atoms with van der Waals surface area (Å²) < 4.78 is 7.31.